The SMILES string of the molecule is CC(=O)NC1(c2noc(CCC(=O)Nc3cccc(OCCn4cncn4)c3)n2)CCCCCC1. The van der Waals surface area contributed by atoms with Crippen LogP contribution >= 0.6 is 0 Å². The smallest absolute Gasteiger partial charge is 0.227 e. The fraction of sp³-hybridized carbons (Fsp3) is 0.500. The summed E-state index contributed by atoms with van der Waals surface area (Å²) >= 11 is 0. The standard InChI is InChI=1S/C24H31N7O4/c1-18(32)29-24(11-4-2-3-5-12-24)23-28-22(35-30-23)10-9-21(33)27-19-7-6-8-20(15-19)34-14-13-31-17-25-16-26-31/h6-8,15-17H,2-5,9-14H2,1H3,(H,27,33)(H,29,32). The predicted molar refractivity (Wildman–Crippen MR) is 126 cm³/mol. The first-order valence-electron chi connectivity index (χ1n) is 12.0. The largest absolute Gasteiger partial charge is 0.492 e. The molecule has 0 atom stereocenters. The number of nitrogens with one attached hydrogen (secondary N) is 2. The highest BCUT2D eigenvalue weighted by atomic mass is 16.5. The molecule has 0 radical (unpaired) electrons. The fourth-order valence-corrected chi connectivity index (χ4v) is 4.34. The Labute approximate surface area is 203 Å². The van der Waals surface area contributed by atoms with Crippen molar-refractivity contribution in [1.29, 1.82) is 0 Å². The first kappa shape index (κ1) is 24.4. The molecule has 186 valence electrons. The zero-order valence-electron chi connectivity index (χ0n) is 19.9. The third-order valence-corrected chi connectivity index (χ3v) is 6.01. The summed E-state index contributed by atoms with van der Waals surface area (Å²) in [5, 5.41) is 14.1. The molecule has 0 aliphatic heterocycles. The second kappa shape index (κ2) is 11.6. The Balaban J connectivity index is 1.29. The van der Waals surface area contributed by atoms with E-state index in [0.717, 1.165) is 38.5 Å². The van der Waals surface area contributed by atoms with Crippen molar-refractivity contribution in [3.8, 4) is 5.75 Å². The Morgan fingerprint density at radius 2 is 2.03 bits per heavy atom. The van der Waals surface area contributed by atoms with Gasteiger partial charge < -0.3 is 19.9 Å². The van der Waals surface area contributed by atoms with Crippen molar-refractivity contribution in [3.05, 3.63) is 48.6 Å². The van der Waals surface area contributed by atoms with Gasteiger partial charge in [-0.3, -0.25) is 9.59 Å². The highest BCUT2D eigenvalue weighted by Gasteiger charge is 2.38. The number of ether oxygens (including phenoxy) is 1. The topological polar surface area (TPSA) is 137 Å². The van der Waals surface area contributed by atoms with Crippen LogP contribution in [0.4, 0.5) is 5.69 Å². The summed E-state index contributed by atoms with van der Waals surface area (Å²) in [7, 11) is 0. The van der Waals surface area contributed by atoms with Crippen molar-refractivity contribution in [2.45, 2.75) is 70.4 Å². The number of amides is 2. The number of hydrogen-bond acceptors (Lipinski definition) is 8. The van der Waals surface area contributed by atoms with Crippen LogP contribution in [0.2, 0.25) is 0 Å². The molecule has 1 aliphatic carbocycles. The summed E-state index contributed by atoms with van der Waals surface area (Å²) in [6.07, 6.45) is 9.40. The molecule has 0 saturated heterocycles. The van der Waals surface area contributed by atoms with Crippen LogP contribution in [-0.2, 0) is 28.1 Å². The first-order chi connectivity index (χ1) is 17.0. The van der Waals surface area contributed by atoms with Crippen LogP contribution in [0.15, 0.2) is 41.4 Å². The van der Waals surface area contributed by atoms with Gasteiger partial charge in [0.25, 0.3) is 0 Å². The number of rotatable bonds is 10. The van der Waals surface area contributed by atoms with Gasteiger partial charge in [-0.15, -0.1) is 0 Å². The Kier molecular flexibility index (Phi) is 8.07. The Morgan fingerprint density at radius 1 is 1.20 bits per heavy atom. The van der Waals surface area contributed by atoms with Gasteiger partial charge >= 0.3 is 0 Å². The normalized spacial score (nSPS) is 15.2. The maximum atomic E-state index is 12.5. The van der Waals surface area contributed by atoms with E-state index in [0.29, 0.717) is 42.7 Å². The van der Waals surface area contributed by atoms with Gasteiger partial charge in [-0.25, -0.2) is 9.67 Å². The summed E-state index contributed by atoms with van der Waals surface area (Å²) in [6, 6.07) is 7.22. The van der Waals surface area contributed by atoms with E-state index in [2.05, 4.69) is 30.9 Å². The second-order valence-corrected chi connectivity index (χ2v) is 8.77. The highest BCUT2D eigenvalue weighted by Crippen LogP contribution is 2.34. The number of benzene rings is 1. The van der Waals surface area contributed by atoms with E-state index < -0.39 is 5.54 Å². The third-order valence-electron chi connectivity index (χ3n) is 6.01. The fourth-order valence-electron chi connectivity index (χ4n) is 4.34. The quantitative estimate of drug-likeness (QED) is 0.422. The average Bonchev–Trinajstić information content (AvgIpc) is 3.47. The van der Waals surface area contributed by atoms with E-state index in [4.69, 9.17) is 9.26 Å². The lowest BCUT2D eigenvalue weighted by atomic mass is 9.89. The minimum absolute atomic E-state index is 0.109. The van der Waals surface area contributed by atoms with Gasteiger partial charge in [-0.05, 0) is 25.0 Å². The lowest BCUT2D eigenvalue weighted by Crippen LogP contribution is -2.45. The molecule has 11 heteroatoms. The molecule has 0 unspecified atom stereocenters. The number of nitrogens with zero attached hydrogens (tertiary/aromatic N) is 5. The minimum atomic E-state index is -0.597. The van der Waals surface area contributed by atoms with Crippen molar-refractivity contribution in [1.82, 2.24) is 30.2 Å². The summed E-state index contributed by atoms with van der Waals surface area (Å²) in [5.74, 6) is 1.25. The molecule has 35 heavy (non-hydrogen) atoms. The Hall–Kier alpha value is -3.76. The van der Waals surface area contributed by atoms with E-state index in [-0.39, 0.29) is 18.2 Å². The highest BCUT2D eigenvalue weighted by molar-refractivity contribution is 5.90. The molecule has 2 amide bonds. The zero-order valence-corrected chi connectivity index (χ0v) is 19.9. The van der Waals surface area contributed by atoms with Crippen LogP contribution in [-0.4, -0.2) is 43.3 Å². The van der Waals surface area contributed by atoms with Crippen LogP contribution in [0.5, 0.6) is 5.75 Å². The number of aryl methyl sites for hydroxylation is 1. The molecule has 2 aromatic heterocycles. The molecule has 3 aromatic rings. The van der Waals surface area contributed by atoms with Crippen LogP contribution in [0.1, 0.15) is 63.6 Å². The molecule has 1 aliphatic rings. The van der Waals surface area contributed by atoms with Gasteiger partial charge in [-0.2, -0.15) is 10.1 Å². The minimum Gasteiger partial charge on any atom is -0.492 e. The number of anilines is 1. The predicted octanol–water partition coefficient (Wildman–Crippen LogP) is 3.00. The van der Waals surface area contributed by atoms with Crippen molar-refractivity contribution >= 4 is 17.5 Å². The molecular formula is C24H31N7O4. The molecule has 1 saturated carbocycles. The van der Waals surface area contributed by atoms with Crippen LogP contribution in [0, 0.1) is 0 Å². The molecule has 4 rings (SSSR count). The maximum Gasteiger partial charge on any atom is 0.227 e. The lowest BCUT2D eigenvalue weighted by molar-refractivity contribution is -0.121. The summed E-state index contributed by atoms with van der Waals surface area (Å²) in [6.45, 7) is 2.52. The molecule has 1 aromatic carbocycles. The van der Waals surface area contributed by atoms with E-state index in [1.807, 2.05) is 12.1 Å². The summed E-state index contributed by atoms with van der Waals surface area (Å²) < 4.78 is 12.9. The Morgan fingerprint density at radius 3 is 2.77 bits per heavy atom. The van der Waals surface area contributed by atoms with Crippen molar-refractivity contribution in [2.75, 3.05) is 11.9 Å². The van der Waals surface area contributed by atoms with Crippen molar-refractivity contribution in [2.24, 2.45) is 0 Å². The van der Waals surface area contributed by atoms with Gasteiger partial charge in [0.1, 0.15) is 30.5 Å². The van der Waals surface area contributed by atoms with Crippen molar-refractivity contribution in [3.63, 3.8) is 0 Å². The van der Waals surface area contributed by atoms with E-state index in [1.54, 1.807) is 23.1 Å². The monoisotopic (exact) mass is 481 g/mol. The van der Waals surface area contributed by atoms with Crippen molar-refractivity contribution < 1.29 is 18.8 Å². The molecule has 0 bridgehead atoms. The number of hydrogen-bond donors (Lipinski definition) is 2. The van der Waals surface area contributed by atoms with E-state index in [1.165, 1.54) is 13.3 Å². The number of carbonyl (C=O) groups excluding carboxylic acids is 2. The van der Waals surface area contributed by atoms with Crippen LogP contribution in [0.25, 0.3) is 0 Å². The molecule has 2 N–H and O–H groups in total. The van der Waals surface area contributed by atoms with Gasteiger partial charge in [-0.1, -0.05) is 36.9 Å². The Bertz CT molecular complexity index is 1100. The maximum absolute atomic E-state index is 12.5. The zero-order chi connectivity index (χ0) is 24.5. The molecule has 1 fully saturated rings. The van der Waals surface area contributed by atoms with Gasteiger partial charge in [0.05, 0.1) is 6.54 Å². The van der Waals surface area contributed by atoms with Crippen LogP contribution in [0.3, 0.4) is 0 Å². The molecular weight excluding hydrogens is 450 g/mol. The summed E-state index contributed by atoms with van der Waals surface area (Å²) in [5.41, 5.74) is 0.0447. The molecule has 2 heterocycles. The van der Waals surface area contributed by atoms with Gasteiger partial charge in [0.15, 0.2) is 5.82 Å². The average molecular weight is 482 g/mol. The molecule has 11 nitrogen and oxygen atoms in total. The van der Waals surface area contributed by atoms with E-state index >= 15 is 0 Å². The first-order valence-corrected chi connectivity index (χ1v) is 12.0. The molecule has 0 spiro atoms. The van der Waals surface area contributed by atoms with Gasteiger partial charge in [0.2, 0.25) is 17.7 Å². The van der Waals surface area contributed by atoms with Gasteiger partial charge in [0, 0.05) is 31.5 Å². The number of aromatic nitrogens is 5. The summed E-state index contributed by atoms with van der Waals surface area (Å²) in [4.78, 5) is 32.8. The van der Waals surface area contributed by atoms with Crippen LogP contribution < -0.4 is 15.4 Å². The number of carbonyl (C=O) groups is 2. The lowest BCUT2D eigenvalue weighted by Gasteiger charge is -2.30. The van der Waals surface area contributed by atoms with E-state index in [9.17, 15) is 9.59 Å². The third kappa shape index (κ3) is 6.87. The second-order valence-electron chi connectivity index (χ2n) is 8.77.